The summed E-state index contributed by atoms with van der Waals surface area (Å²) in [7, 11) is 1.54. The first-order valence-electron chi connectivity index (χ1n) is 5.69. The predicted octanol–water partition coefficient (Wildman–Crippen LogP) is 3.04. The third-order valence-corrected chi connectivity index (χ3v) is 2.48. The number of anilines is 2. The van der Waals surface area contributed by atoms with Gasteiger partial charge in [-0.25, -0.2) is 4.79 Å². The molecule has 0 radical (unpaired) electrons. The molecule has 0 spiro atoms. The van der Waals surface area contributed by atoms with Gasteiger partial charge in [0.05, 0.1) is 12.8 Å². The summed E-state index contributed by atoms with van der Waals surface area (Å²) >= 11 is 0. The summed E-state index contributed by atoms with van der Waals surface area (Å²) in [6, 6.07) is 13.0. The molecule has 0 saturated heterocycles. The Morgan fingerprint density at radius 3 is 2.42 bits per heavy atom. The van der Waals surface area contributed by atoms with Crippen LogP contribution in [0.3, 0.4) is 0 Å². The molecule has 2 amide bonds. The summed E-state index contributed by atoms with van der Waals surface area (Å²) in [5.74, 6) is 0.735. The molecule has 3 N–H and O–H groups in total. The average Bonchev–Trinajstić information content (AvgIpc) is 2.42. The third-order valence-electron chi connectivity index (χ3n) is 2.48. The van der Waals surface area contributed by atoms with Crippen molar-refractivity contribution in [3.05, 3.63) is 48.5 Å². The van der Waals surface area contributed by atoms with Crippen LogP contribution in [0, 0.1) is 0 Å². The van der Waals surface area contributed by atoms with Gasteiger partial charge in [0.15, 0.2) is 0 Å². The first-order chi connectivity index (χ1) is 9.19. The fourth-order valence-corrected chi connectivity index (χ4v) is 1.58. The summed E-state index contributed by atoms with van der Waals surface area (Å²) in [6.45, 7) is 0. The van der Waals surface area contributed by atoms with Crippen LogP contribution in [0.4, 0.5) is 16.2 Å². The molecule has 0 atom stereocenters. The van der Waals surface area contributed by atoms with Crippen LogP contribution in [0.5, 0.6) is 11.5 Å². The number of nitrogens with one attached hydrogen (secondary N) is 2. The van der Waals surface area contributed by atoms with Crippen LogP contribution < -0.4 is 15.4 Å². The molecule has 0 aliphatic heterocycles. The maximum atomic E-state index is 11.8. The van der Waals surface area contributed by atoms with Crippen LogP contribution in [0.25, 0.3) is 0 Å². The second-order valence-electron chi connectivity index (χ2n) is 3.83. The topological polar surface area (TPSA) is 70.6 Å². The Morgan fingerprint density at radius 1 is 1.05 bits per heavy atom. The van der Waals surface area contributed by atoms with E-state index in [1.807, 2.05) is 6.07 Å². The van der Waals surface area contributed by atoms with Gasteiger partial charge in [0, 0.05) is 5.69 Å². The van der Waals surface area contributed by atoms with E-state index in [9.17, 15) is 4.79 Å². The van der Waals surface area contributed by atoms with E-state index in [1.165, 1.54) is 12.1 Å². The minimum Gasteiger partial charge on any atom is -0.508 e. The molecule has 0 fully saturated rings. The molecule has 19 heavy (non-hydrogen) atoms. The van der Waals surface area contributed by atoms with Gasteiger partial charge in [0.2, 0.25) is 0 Å². The maximum Gasteiger partial charge on any atom is 0.323 e. The van der Waals surface area contributed by atoms with Crippen molar-refractivity contribution in [3.63, 3.8) is 0 Å². The smallest absolute Gasteiger partial charge is 0.323 e. The van der Waals surface area contributed by atoms with Crippen LogP contribution in [-0.4, -0.2) is 18.2 Å². The number of carbonyl (C=O) groups is 1. The maximum absolute atomic E-state index is 11.8. The van der Waals surface area contributed by atoms with Crippen LogP contribution >= 0.6 is 0 Å². The zero-order valence-electron chi connectivity index (χ0n) is 10.4. The highest BCUT2D eigenvalue weighted by molar-refractivity contribution is 6.00. The Hall–Kier alpha value is -2.69. The highest BCUT2D eigenvalue weighted by atomic mass is 16.5. The highest BCUT2D eigenvalue weighted by Crippen LogP contribution is 2.23. The van der Waals surface area contributed by atoms with Gasteiger partial charge in [0.25, 0.3) is 0 Å². The molecule has 5 nitrogen and oxygen atoms in total. The lowest BCUT2D eigenvalue weighted by Crippen LogP contribution is -2.19. The summed E-state index contributed by atoms with van der Waals surface area (Å²) in [4.78, 5) is 11.8. The van der Waals surface area contributed by atoms with Gasteiger partial charge >= 0.3 is 6.03 Å². The predicted molar refractivity (Wildman–Crippen MR) is 73.7 cm³/mol. The molecule has 0 unspecified atom stereocenters. The summed E-state index contributed by atoms with van der Waals surface area (Å²) in [5.41, 5.74) is 1.17. The van der Waals surface area contributed by atoms with Gasteiger partial charge in [-0.3, -0.25) is 0 Å². The minimum atomic E-state index is -0.379. The lowest BCUT2D eigenvalue weighted by atomic mass is 10.3. The number of hydrogen-bond donors (Lipinski definition) is 3. The number of para-hydroxylation sites is 2. The van der Waals surface area contributed by atoms with E-state index in [2.05, 4.69) is 10.6 Å². The second-order valence-corrected chi connectivity index (χ2v) is 3.83. The number of aromatic hydroxyl groups is 1. The van der Waals surface area contributed by atoms with Gasteiger partial charge in [0.1, 0.15) is 11.5 Å². The molecule has 0 heterocycles. The van der Waals surface area contributed by atoms with Crippen molar-refractivity contribution < 1.29 is 14.6 Å². The van der Waals surface area contributed by atoms with Crippen molar-refractivity contribution >= 4 is 17.4 Å². The molecular formula is C14H14N2O3. The number of amides is 2. The number of methoxy groups -OCH3 is 1. The van der Waals surface area contributed by atoms with Crippen molar-refractivity contribution in [3.8, 4) is 11.5 Å². The molecule has 0 aromatic heterocycles. The lowest BCUT2D eigenvalue weighted by molar-refractivity contribution is 0.262. The van der Waals surface area contributed by atoms with Crippen molar-refractivity contribution in [2.75, 3.05) is 17.7 Å². The first kappa shape index (κ1) is 12.8. The van der Waals surface area contributed by atoms with Crippen molar-refractivity contribution in [2.45, 2.75) is 0 Å². The second kappa shape index (κ2) is 5.77. The summed E-state index contributed by atoms with van der Waals surface area (Å²) in [5, 5.41) is 14.5. The molecule has 0 aliphatic rings. The zero-order valence-corrected chi connectivity index (χ0v) is 10.4. The fourth-order valence-electron chi connectivity index (χ4n) is 1.58. The molecular weight excluding hydrogens is 244 g/mol. The molecule has 5 heteroatoms. The number of urea groups is 1. The molecule has 2 aromatic rings. The Bertz CT molecular complexity index is 567. The standard InChI is InChI=1S/C14H14N2O3/c1-19-13-5-3-2-4-12(13)16-14(18)15-10-6-8-11(17)9-7-10/h2-9,17H,1H3,(H2,15,16,18). The lowest BCUT2D eigenvalue weighted by Gasteiger charge is -2.10. The number of benzene rings is 2. The largest absolute Gasteiger partial charge is 0.508 e. The van der Waals surface area contributed by atoms with E-state index in [0.717, 1.165) is 0 Å². The Kier molecular flexibility index (Phi) is 3.87. The van der Waals surface area contributed by atoms with Gasteiger partial charge < -0.3 is 20.5 Å². The van der Waals surface area contributed by atoms with E-state index in [1.54, 1.807) is 37.4 Å². The van der Waals surface area contributed by atoms with E-state index < -0.39 is 0 Å². The van der Waals surface area contributed by atoms with Crippen LogP contribution in [-0.2, 0) is 0 Å². The Morgan fingerprint density at radius 2 is 1.74 bits per heavy atom. The summed E-state index contributed by atoms with van der Waals surface area (Å²) < 4.78 is 5.14. The third kappa shape index (κ3) is 3.38. The molecule has 0 saturated carbocycles. The van der Waals surface area contributed by atoms with E-state index in [-0.39, 0.29) is 11.8 Å². The van der Waals surface area contributed by atoms with Crippen molar-refractivity contribution in [1.82, 2.24) is 0 Å². The minimum absolute atomic E-state index is 0.149. The van der Waals surface area contributed by atoms with Crippen molar-refractivity contribution in [1.29, 1.82) is 0 Å². The molecule has 0 bridgehead atoms. The number of hydrogen-bond acceptors (Lipinski definition) is 3. The van der Waals surface area contributed by atoms with Crippen LogP contribution in [0.15, 0.2) is 48.5 Å². The van der Waals surface area contributed by atoms with Crippen LogP contribution in [0.2, 0.25) is 0 Å². The number of carbonyl (C=O) groups excluding carboxylic acids is 1. The zero-order chi connectivity index (χ0) is 13.7. The number of ether oxygens (including phenoxy) is 1. The fraction of sp³-hybridized carbons (Fsp3) is 0.0714. The number of phenols is 1. The Balaban J connectivity index is 2.03. The van der Waals surface area contributed by atoms with Gasteiger partial charge in [-0.2, -0.15) is 0 Å². The quantitative estimate of drug-likeness (QED) is 0.741. The van der Waals surface area contributed by atoms with E-state index >= 15 is 0 Å². The Labute approximate surface area is 110 Å². The van der Waals surface area contributed by atoms with Gasteiger partial charge in [-0.05, 0) is 36.4 Å². The normalized spacial score (nSPS) is 9.74. The van der Waals surface area contributed by atoms with E-state index in [0.29, 0.717) is 17.1 Å². The molecule has 2 rings (SSSR count). The first-order valence-corrected chi connectivity index (χ1v) is 5.69. The SMILES string of the molecule is COc1ccccc1NC(=O)Nc1ccc(O)cc1. The van der Waals surface area contributed by atoms with Gasteiger partial charge in [-0.1, -0.05) is 12.1 Å². The highest BCUT2D eigenvalue weighted by Gasteiger charge is 2.06. The average molecular weight is 258 g/mol. The van der Waals surface area contributed by atoms with Crippen molar-refractivity contribution in [2.24, 2.45) is 0 Å². The monoisotopic (exact) mass is 258 g/mol. The molecule has 98 valence electrons. The van der Waals surface area contributed by atoms with Crippen LogP contribution in [0.1, 0.15) is 0 Å². The van der Waals surface area contributed by atoms with Gasteiger partial charge in [-0.15, -0.1) is 0 Å². The van der Waals surface area contributed by atoms with E-state index in [4.69, 9.17) is 9.84 Å². The molecule has 0 aliphatic carbocycles. The number of rotatable bonds is 3. The number of phenolic OH excluding ortho intramolecular Hbond substituents is 1. The summed E-state index contributed by atoms with van der Waals surface area (Å²) in [6.07, 6.45) is 0. The molecule has 2 aromatic carbocycles.